The highest BCUT2D eigenvalue weighted by Crippen LogP contribution is 2.29. The van der Waals surface area contributed by atoms with E-state index < -0.39 is 17.2 Å². The summed E-state index contributed by atoms with van der Waals surface area (Å²) in [5.41, 5.74) is 1.15. The molecular weight excluding hydrogens is 492 g/mol. The maximum absolute atomic E-state index is 13.7. The summed E-state index contributed by atoms with van der Waals surface area (Å²) in [6.07, 6.45) is 0. The number of rotatable bonds is 7. The maximum Gasteiger partial charge on any atom is 0.337 e. The van der Waals surface area contributed by atoms with E-state index in [2.05, 4.69) is 5.32 Å². The van der Waals surface area contributed by atoms with Crippen molar-refractivity contribution in [3.05, 3.63) is 85.4 Å². The molecule has 2 amide bonds. The lowest BCUT2D eigenvalue weighted by Gasteiger charge is -2.13. The molecule has 4 rings (SSSR count). The highest BCUT2D eigenvalue weighted by Gasteiger charge is 2.25. The molecular formula is C27H28N4O5S. The van der Waals surface area contributed by atoms with Gasteiger partial charge < -0.3 is 15.0 Å². The third-order valence-corrected chi connectivity index (χ3v) is 7.13. The molecule has 0 atom stereocenters. The molecule has 0 radical (unpaired) electrons. The Labute approximate surface area is 217 Å². The molecule has 0 bridgehead atoms. The van der Waals surface area contributed by atoms with E-state index in [0.717, 1.165) is 21.5 Å². The summed E-state index contributed by atoms with van der Waals surface area (Å²) in [7, 11) is 3.24. The molecule has 0 aliphatic rings. The Morgan fingerprint density at radius 2 is 1.76 bits per heavy atom. The minimum Gasteiger partial charge on any atom is -0.494 e. The van der Waals surface area contributed by atoms with Gasteiger partial charge in [0.2, 0.25) is 5.91 Å². The number of aryl methyl sites for hydroxylation is 2. The number of thiophene rings is 1. The number of aromatic nitrogens is 2. The number of hydrogen-bond acceptors (Lipinski definition) is 6. The molecule has 2 aromatic heterocycles. The van der Waals surface area contributed by atoms with Crippen molar-refractivity contribution in [3.8, 4) is 11.4 Å². The second-order valence-electron chi connectivity index (χ2n) is 8.79. The van der Waals surface area contributed by atoms with Crippen molar-refractivity contribution in [1.82, 2.24) is 14.0 Å². The first-order chi connectivity index (χ1) is 17.6. The Morgan fingerprint density at radius 3 is 2.38 bits per heavy atom. The van der Waals surface area contributed by atoms with E-state index in [4.69, 9.17) is 4.74 Å². The van der Waals surface area contributed by atoms with E-state index >= 15 is 0 Å². The summed E-state index contributed by atoms with van der Waals surface area (Å²) in [5, 5.41) is 3.04. The highest BCUT2D eigenvalue weighted by atomic mass is 32.1. The Bertz CT molecular complexity index is 1610. The number of hydrogen-bond donors (Lipinski definition) is 1. The Hall–Kier alpha value is -4.18. The first kappa shape index (κ1) is 25.9. The van der Waals surface area contributed by atoms with Crippen molar-refractivity contribution in [1.29, 1.82) is 0 Å². The topological polar surface area (TPSA) is 103 Å². The summed E-state index contributed by atoms with van der Waals surface area (Å²) < 4.78 is 7.76. The molecule has 2 heterocycles. The van der Waals surface area contributed by atoms with Gasteiger partial charge in [-0.25, -0.2) is 9.36 Å². The number of ether oxygens (including phenoxy) is 1. The summed E-state index contributed by atoms with van der Waals surface area (Å²) in [5.74, 6) is -0.116. The van der Waals surface area contributed by atoms with Crippen LogP contribution >= 0.6 is 11.3 Å². The van der Waals surface area contributed by atoms with Crippen LogP contribution in [0.5, 0.6) is 5.75 Å². The van der Waals surface area contributed by atoms with Crippen LogP contribution in [0.4, 0.5) is 5.69 Å². The van der Waals surface area contributed by atoms with Crippen LogP contribution in [0, 0.1) is 13.8 Å². The van der Waals surface area contributed by atoms with Crippen molar-refractivity contribution < 1.29 is 14.3 Å². The van der Waals surface area contributed by atoms with Crippen LogP contribution in [-0.4, -0.2) is 46.6 Å². The first-order valence-electron chi connectivity index (χ1n) is 11.7. The number of fused-ring (bicyclic) bond motifs is 1. The van der Waals surface area contributed by atoms with Gasteiger partial charge >= 0.3 is 5.69 Å². The average Bonchev–Trinajstić information content (AvgIpc) is 3.19. The molecule has 0 saturated heterocycles. The smallest absolute Gasteiger partial charge is 0.337 e. The fraction of sp³-hybridized carbons (Fsp3) is 0.259. The van der Waals surface area contributed by atoms with Gasteiger partial charge in [-0.3, -0.25) is 19.0 Å². The molecule has 9 nitrogen and oxygen atoms in total. The summed E-state index contributed by atoms with van der Waals surface area (Å²) >= 11 is 1.04. The van der Waals surface area contributed by atoms with Crippen molar-refractivity contribution in [2.24, 2.45) is 0 Å². The number of amides is 2. The van der Waals surface area contributed by atoms with E-state index in [9.17, 15) is 19.2 Å². The van der Waals surface area contributed by atoms with Gasteiger partial charge in [0.05, 0.1) is 22.6 Å². The maximum atomic E-state index is 13.7. The largest absolute Gasteiger partial charge is 0.494 e. The SMILES string of the molecule is CCOc1ccc(-n2c(=O)c3c(C)c(C(=O)N(C)C)sc3n(CC(=O)Nc3cccc(C)c3)c2=O)cc1. The lowest BCUT2D eigenvalue weighted by molar-refractivity contribution is -0.116. The number of nitrogens with zero attached hydrogens (tertiary/aromatic N) is 3. The molecule has 0 unspecified atom stereocenters. The van der Waals surface area contributed by atoms with Crippen LogP contribution in [0.15, 0.2) is 58.1 Å². The number of anilines is 1. The Morgan fingerprint density at radius 1 is 1.05 bits per heavy atom. The van der Waals surface area contributed by atoms with Crippen LogP contribution in [0.25, 0.3) is 15.9 Å². The van der Waals surface area contributed by atoms with Gasteiger partial charge in [-0.2, -0.15) is 0 Å². The molecule has 0 aliphatic carbocycles. The van der Waals surface area contributed by atoms with Gasteiger partial charge in [-0.1, -0.05) is 12.1 Å². The lowest BCUT2D eigenvalue weighted by Crippen LogP contribution is -2.40. The van der Waals surface area contributed by atoms with E-state index in [0.29, 0.717) is 34.2 Å². The summed E-state index contributed by atoms with van der Waals surface area (Å²) in [4.78, 5) is 55.3. The summed E-state index contributed by atoms with van der Waals surface area (Å²) in [6, 6.07) is 13.9. The van der Waals surface area contributed by atoms with E-state index in [1.807, 2.05) is 32.0 Å². The molecule has 0 spiro atoms. The number of carbonyl (C=O) groups is 2. The molecule has 0 fully saturated rings. The minimum atomic E-state index is -0.675. The molecule has 0 saturated carbocycles. The van der Waals surface area contributed by atoms with Crippen LogP contribution in [0.3, 0.4) is 0 Å². The molecule has 0 aliphatic heterocycles. The van der Waals surface area contributed by atoms with Crippen LogP contribution < -0.4 is 21.3 Å². The first-order valence-corrected chi connectivity index (χ1v) is 12.5. The van der Waals surface area contributed by atoms with Crippen LogP contribution in [0.1, 0.15) is 27.7 Å². The fourth-order valence-electron chi connectivity index (χ4n) is 4.05. The molecule has 37 heavy (non-hydrogen) atoms. The van der Waals surface area contributed by atoms with Crippen molar-refractivity contribution in [3.63, 3.8) is 0 Å². The normalized spacial score (nSPS) is 10.9. The summed E-state index contributed by atoms with van der Waals surface area (Å²) in [6.45, 7) is 5.59. The van der Waals surface area contributed by atoms with E-state index in [-0.39, 0.29) is 22.7 Å². The molecule has 10 heteroatoms. The third-order valence-electron chi connectivity index (χ3n) is 5.82. The van der Waals surface area contributed by atoms with Gasteiger partial charge in [0.1, 0.15) is 17.1 Å². The quantitative estimate of drug-likeness (QED) is 0.401. The van der Waals surface area contributed by atoms with Gasteiger partial charge in [-0.05, 0) is 68.3 Å². The average molecular weight is 521 g/mol. The number of benzene rings is 2. The molecule has 192 valence electrons. The Kier molecular flexibility index (Phi) is 7.30. The van der Waals surface area contributed by atoms with Gasteiger partial charge in [-0.15, -0.1) is 11.3 Å². The monoisotopic (exact) mass is 520 g/mol. The van der Waals surface area contributed by atoms with Crippen molar-refractivity contribution in [2.75, 3.05) is 26.0 Å². The number of carbonyl (C=O) groups excluding carboxylic acids is 2. The predicted octanol–water partition coefficient (Wildman–Crippen LogP) is 3.57. The van der Waals surface area contributed by atoms with Crippen LogP contribution in [0.2, 0.25) is 0 Å². The molecule has 1 N–H and O–H groups in total. The second kappa shape index (κ2) is 10.4. The molecule has 4 aromatic rings. The predicted molar refractivity (Wildman–Crippen MR) is 145 cm³/mol. The zero-order chi connectivity index (χ0) is 26.9. The minimum absolute atomic E-state index is 0.229. The Balaban J connectivity index is 1.90. The van der Waals surface area contributed by atoms with Crippen molar-refractivity contribution in [2.45, 2.75) is 27.3 Å². The van der Waals surface area contributed by atoms with Crippen molar-refractivity contribution >= 4 is 39.1 Å². The lowest BCUT2D eigenvalue weighted by atomic mass is 10.2. The van der Waals surface area contributed by atoms with E-state index in [1.165, 1.54) is 9.47 Å². The van der Waals surface area contributed by atoms with Gasteiger partial charge in [0.15, 0.2) is 0 Å². The zero-order valence-corrected chi connectivity index (χ0v) is 22.1. The van der Waals surface area contributed by atoms with Crippen LogP contribution in [-0.2, 0) is 11.3 Å². The zero-order valence-electron chi connectivity index (χ0n) is 21.3. The third kappa shape index (κ3) is 5.05. The van der Waals surface area contributed by atoms with Gasteiger partial charge in [0, 0.05) is 19.8 Å². The number of nitrogens with one attached hydrogen (secondary N) is 1. The van der Waals surface area contributed by atoms with Gasteiger partial charge in [0.25, 0.3) is 11.5 Å². The molecule has 2 aromatic carbocycles. The van der Waals surface area contributed by atoms with E-state index in [1.54, 1.807) is 51.4 Å². The second-order valence-corrected chi connectivity index (χ2v) is 9.79. The highest BCUT2D eigenvalue weighted by molar-refractivity contribution is 7.20. The standard InChI is InChI=1S/C27H28N4O5S/c1-6-36-20-12-10-19(11-13-20)31-24(33)22-17(3)23(25(34)29(4)5)37-26(22)30(27(31)35)15-21(32)28-18-9-7-8-16(2)14-18/h7-14H,6,15H2,1-5H3,(H,28,32). The fourth-order valence-corrected chi connectivity index (χ4v) is 5.36.